The fraction of sp³-hybridized carbons (Fsp3) is 0.429. The van der Waals surface area contributed by atoms with Gasteiger partial charge in [-0.25, -0.2) is 0 Å². The Balaban J connectivity index is 1.68. The number of nitrogens with zero attached hydrogens (tertiary/aromatic N) is 3. The Morgan fingerprint density at radius 3 is 3.00 bits per heavy atom. The highest BCUT2D eigenvalue weighted by atomic mass is 79.9. The molecular formula is C14H16BrN3O2. The van der Waals surface area contributed by atoms with E-state index in [0.717, 1.165) is 24.1 Å². The number of hydrogen-bond donors (Lipinski definition) is 0. The molecule has 1 fully saturated rings. The van der Waals surface area contributed by atoms with Gasteiger partial charge in [0.2, 0.25) is 11.7 Å². The molecule has 0 amide bonds. The molecule has 0 unspecified atom stereocenters. The van der Waals surface area contributed by atoms with E-state index in [9.17, 15) is 0 Å². The Morgan fingerprint density at radius 1 is 1.40 bits per heavy atom. The van der Waals surface area contributed by atoms with Crippen molar-refractivity contribution in [3.63, 3.8) is 0 Å². The molecule has 2 heterocycles. The largest absolute Gasteiger partial charge is 0.367 e. The molecule has 0 bridgehead atoms. The van der Waals surface area contributed by atoms with Gasteiger partial charge in [-0.2, -0.15) is 4.98 Å². The summed E-state index contributed by atoms with van der Waals surface area (Å²) in [5, 5.41) is 3.95. The first-order chi connectivity index (χ1) is 9.72. The Labute approximate surface area is 126 Å². The van der Waals surface area contributed by atoms with E-state index in [1.807, 2.05) is 6.07 Å². The number of aromatic nitrogens is 2. The summed E-state index contributed by atoms with van der Waals surface area (Å²) < 4.78 is 11.9. The van der Waals surface area contributed by atoms with Gasteiger partial charge in [0.1, 0.15) is 6.10 Å². The predicted octanol–water partition coefficient (Wildman–Crippen LogP) is 2.71. The Bertz CT molecular complexity index is 587. The van der Waals surface area contributed by atoms with E-state index in [-0.39, 0.29) is 6.10 Å². The zero-order chi connectivity index (χ0) is 13.9. The van der Waals surface area contributed by atoms with E-state index in [0.29, 0.717) is 18.3 Å². The lowest BCUT2D eigenvalue weighted by molar-refractivity contribution is -0.0381. The minimum Gasteiger partial charge on any atom is -0.367 e. The third kappa shape index (κ3) is 3.08. The minimum atomic E-state index is -0.108. The molecule has 0 saturated carbocycles. The van der Waals surface area contributed by atoms with Crippen LogP contribution in [0.25, 0.3) is 0 Å². The van der Waals surface area contributed by atoms with E-state index in [2.05, 4.69) is 49.2 Å². The normalized spacial score (nSPS) is 20.2. The van der Waals surface area contributed by atoms with E-state index >= 15 is 0 Å². The lowest BCUT2D eigenvalue weighted by Gasteiger charge is -2.31. The molecule has 0 spiro atoms. The first-order valence-corrected chi connectivity index (χ1v) is 7.39. The highest BCUT2D eigenvalue weighted by Gasteiger charge is 2.26. The number of halogens is 1. The SMILES string of the molecule is Cc1nc([C@@H]2CN(Cc3ccccc3Br)CCO2)no1. The molecule has 1 aromatic carbocycles. The summed E-state index contributed by atoms with van der Waals surface area (Å²) in [5.74, 6) is 1.21. The van der Waals surface area contributed by atoms with Crippen LogP contribution in [0.4, 0.5) is 0 Å². The molecule has 5 nitrogen and oxygen atoms in total. The van der Waals surface area contributed by atoms with Crippen molar-refractivity contribution in [2.24, 2.45) is 0 Å². The minimum absolute atomic E-state index is 0.108. The molecule has 106 valence electrons. The van der Waals surface area contributed by atoms with Gasteiger partial charge >= 0.3 is 0 Å². The number of hydrogen-bond acceptors (Lipinski definition) is 5. The Morgan fingerprint density at radius 2 is 2.25 bits per heavy atom. The molecule has 1 saturated heterocycles. The average Bonchev–Trinajstić information content (AvgIpc) is 2.89. The second-order valence-corrected chi connectivity index (χ2v) is 5.71. The van der Waals surface area contributed by atoms with Crippen molar-refractivity contribution in [2.75, 3.05) is 19.7 Å². The smallest absolute Gasteiger partial charge is 0.223 e. The molecule has 1 aliphatic rings. The fourth-order valence-corrected chi connectivity index (χ4v) is 2.73. The van der Waals surface area contributed by atoms with Crippen molar-refractivity contribution >= 4 is 15.9 Å². The number of benzene rings is 1. The van der Waals surface area contributed by atoms with Crippen LogP contribution in [-0.4, -0.2) is 34.7 Å². The summed E-state index contributed by atoms with van der Waals surface area (Å²) >= 11 is 3.59. The first-order valence-electron chi connectivity index (χ1n) is 6.60. The fourth-order valence-electron chi connectivity index (χ4n) is 2.32. The highest BCUT2D eigenvalue weighted by molar-refractivity contribution is 9.10. The van der Waals surface area contributed by atoms with Crippen LogP contribution >= 0.6 is 15.9 Å². The van der Waals surface area contributed by atoms with Crippen LogP contribution < -0.4 is 0 Å². The van der Waals surface area contributed by atoms with Crippen LogP contribution in [0.2, 0.25) is 0 Å². The maximum atomic E-state index is 5.74. The topological polar surface area (TPSA) is 51.4 Å². The van der Waals surface area contributed by atoms with Gasteiger partial charge in [0.25, 0.3) is 0 Å². The van der Waals surface area contributed by atoms with E-state index in [1.54, 1.807) is 6.92 Å². The highest BCUT2D eigenvalue weighted by Crippen LogP contribution is 2.23. The van der Waals surface area contributed by atoms with Gasteiger partial charge in [-0.05, 0) is 11.6 Å². The summed E-state index contributed by atoms with van der Waals surface area (Å²) in [4.78, 5) is 6.60. The summed E-state index contributed by atoms with van der Waals surface area (Å²) in [6.45, 7) is 5.05. The molecule has 0 N–H and O–H groups in total. The molecule has 1 aromatic heterocycles. The van der Waals surface area contributed by atoms with E-state index < -0.39 is 0 Å². The summed E-state index contributed by atoms with van der Waals surface area (Å²) in [6.07, 6.45) is -0.108. The number of aryl methyl sites for hydroxylation is 1. The van der Waals surface area contributed by atoms with Gasteiger partial charge < -0.3 is 9.26 Å². The maximum absolute atomic E-state index is 5.74. The van der Waals surface area contributed by atoms with Gasteiger partial charge in [0.05, 0.1) is 6.61 Å². The third-order valence-electron chi connectivity index (χ3n) is 3.33. The zero-order valence-corrected chi connectivity index (χ0v) is 12.8. The van der Waals surface area contributed by atoms with Gasteiger partial charge in [-0.15, -0.1) is 0 Å². The molecule has 0 radical (unpaired) electrons. The second kappa shape index (κ2) is 6.03. The van der Waals surface area contributed by atoms with Gasteiger partial charge in [0.15, 0.2) is 0 Å². The van der Waals surface area contributed by atoms with E-state index in [4.69, 9.17) is 9.26 Å². The molecule has 3 rings (SSSR count). The maximum Gasteiger partial charge on any atom is 0.223 e. The molecule has 2 aromatic rings. The quantitative estimate of drug-likeness (QED) is 0.861. The Kier molecular flexibility index (Phi) is 4.14. The van der Waals surface area contributed by atoms with Crippen molar-refractivity contribution in [1.29, 1.82) is 0 Å². The predicted molar refractivity (Wildman–Crippen MR) is 77.1 cm³/mol. The molecule has 1 aliphatic heterocycles. The monoisotopic (exact) mass is 337 g/mol. The lowest BCUT2D eigenvalue weighted by atomic mass is 10.2. The van der Waals surface area contributed by atoms with Gasteiger partial charge in [-0.3, -0.25) is 4.90 Å². The van der Waals surface area contributed by atoms with Crippen LogP contribution in [0, 0.1) is 6.92 Å². The van der Waals surface area contributed by atoms with Crippen LogP contribution in [0.3, 0.4) is 0 Å². The molecule has 1 atom stereocenters. The summed E-state index contributed by atoms with van der Waals surface area (Å²) in [6, 6.07) is 8.28. The lowest BCUT2D eigenvalue weighted by Crippen LogP contribution is -2.38. The van der Waals surface area contributed by atoms with Crippen molar-refractivity contribution in [1.82, 2.24) is 15.0 Å². The van der Waals surface area contributed by atoms with Crippen molar-refractivity contribution < 1.29 is 9.26 Å². The zero-order valence-electron chi connectivity index (χ0n) is 11.3. The van der Waals surface area contributed by atoms with Gasteiger partial charge in [0, 0.05) is 31.0 Å². The number of ether oxygens (including phenoxy) is 1. The van der Waals surface area contributed by atoms with Crippen LogP contribution in [0.5, 0.6) is 0 Å². The molecule has 6 heteroatoms. The number of rotatable bonds is 3. The van der Waals surface area contributed by atoms with Crippen LogP contribution in [0.1, 0.15) is 23.4 Å². The number of morpholine rings is 1. The van der Waals surface area contributed by atoms with Gasteiger partial charge in [-0.1, -0.05) is 39.3 Å². The van der Waals surface area contributed by atoms with E-state index in [1.165, 1.54) is 5.56 Å². The summed E-state index contributed by atoms with van der Waals surface area (Å²) in [7, 11) is 0. The summed E-state index contributed by atoms with van der Waals surface area (Å²) in [5.41, 5.74) is 1.28. The van der Waals surface area contributed by atoms with Crippen molar-refractivity contribution in [3.8, 4) is 0 Å². The average molecular weight is 338 g/mol. The Hall–Kier alpha value is -1.24. The third-order valence-corrected chi connectivity index (χ3v) is 4.11. The molecular weight excluding hydrogens is 322 g/mol. The molecule has 20 heavy (non-hydrogen) atoms. The van der Waals surface area contributed by atoms with Crippen molar-refractivity contribution in [2.45, 2.75) is 19.6 Å². The van der Waals surface area contributed by atoms with Crippen LogP contribution in [0.15, 0.2) is 33.3 Å². The first kappa shape index (κ1) is 13.7. The van der Waals surface area contributed by atoms with Crippen LogP contribution in [-0.2, 0) is 11.3 Å². The molecule has 0 aliphatic carbocycles. The second-order valence-electron chi connectivity index (χ2n) is 4.86. The van der Waals surface area contributed by atoms with Crippen molar-refractivity contribution in [3.05, 3.63) is 46.0 Å². The standard InChI is InChI=1S/C14H16BrN3O2/c1-10-16-14(17-20-10)13-9-18(6-7-19-13)8-11-4-2-3-5-12(11)15/h2-5,13H,6-9H2,1H3/t13-/m0/s1.